The summed E-state index contributed by atoms with van der Waals surface area (Å²) in [5.74, 6) is -1.64. The zero-order chi connectivity index (χ0) is 14.0. The van der Waals surface area contributed by atoms with Crippen LogP contribution in [0, 0.1) is 0 Å². The molecule has 0 aromatic rings. The van der Waals surface area contributed by atoms with E-state index in [2.05, 4.69) is 0 Å². The standard InChI is InChI=1S/C12H21NO5/c1-9(8-10(13)14)18-12(17)7-5-3-2-4-6-11(15)16/h9H,2-8H2,1H3,(H2,13,14)(H,15,16). The lowest BCUT2D eigenvalue weighted by molar-refractivity contribution is -0.149. The van der Waals surface area contributed by atoms with E-state index in [9.17, 15) is 14.4 Å². The van der Waals surface area contributed by atoms with Crippen molar-refractivity contribution in [2.75, 3.05) is 0 Å². The van der Waals surface area contributed by atoms with Crippen molar-refractivity contribution >= 4 is 17.8 Å². The van der Waals surface area contributed by atoms with Gasteiger partial charge >= 0.3 is 11.9 Å². The van der Waals surface area contributed by atoms with Gasteiger partial charge in [-0.2, -0.15) is 0 Å². The van der Waals surface area contributed by atoms with Crippen molar-refractivity contribution in [2.24, 2.45) is 5.73 Å². The van der Waals surface area contributed by atoms with Crippen LogP contribution in [-0.4, -0.2) is 29.1 Å². The average Bonchev–Trinajstić information content (AvgIpc) is 2.21. The van der Waals surface area contributed by atoms with Gasteiger partial charge in [0, 0.05) is 12.8 Å². The zero-order valence-electron chi connectivity index (χ0n) is 10.7. The fourth-order valence-electron chi connectivity index (χ4n) is 1.51. The van der Waals surface area contributed by atoms with Crippen molar-refractivity contribution in [2.45, 2.75) is 58.0 Å². The highest BCUT2D eigenvalue weighted by Crippen LogP contribution is 2.07. The van der Waals surface area contributed by atoms with E-state index in [0.717, 1.165) is 12.8 Å². The highest BCUT2D eigenvalue weighted by molar-refractivity contribution is 5.75. The molecule has 0 rings (SSSR count). The maximum atomic E-state index is 11.3. The van der Waals surface area contributed by atoms with E-state index in [1.165, 1.54) is 0 Å². The summed E-state index contributed by atoms with van der Waals surface area (Å²) in [6, 6.07) is 0. The minimum atomic E-state index is -0.797. The molecule has 104 valence electrons. The second-order valence-corrected chi connectivity index (χ2v) is 4.28. The van der Waals surface area contributed by atoms with Gasteiger partial charge in [-0.25, -0.2) is 0 Å². The van der Waals surface area contributed by atoms with Gasteiger partial charge in [0.1, 0.15) is 6.10 Å². The van der Waals surface area contributed by atoms with Crippen LogP contribution in [0.4, 0.5) is 0 Å². The van der Waals surface area contributed by atoms with Crippen LogP contribution in [0.5, 0.6) is 0 Å². The molecule has 0 saturated carbocycles. The third-order valence-corrected chi connectivity index (χ3v) is 2.34. The number of hydrogen-bond acceptors (Lipinski definition) is 4. The summed E-state index contributed by atoms with van der Waals surface area (Å²) in [5.41, 5.74) is 4.97. The number of nitrogens with two attached hydrogens (primary N) is 1. The number of esters is 1. The first-order chi connectivity index (χ1) is 8.41. The van der Waals surface area contributed by atoms with Crippen molar-refractivity contribution in [3.8, 4) is 0 Å². The van der Waals surface area contributed by atoms with Crippen LogP contribution < -0.4 is 5.73 Å². The van der Waals surface area contributed by atoms with Gasteiger partial charge in [0.05, 0.1) is 6.42 Å². The van der Waals surface area contributed by atoms with Crippen molar-refractivity contribution in [3.63, 3.8) is 0 Å². The first-order valence-electron chi connectivity index (χ1n) is 6.11. The lowest BCUT2D eigenvalue weighted by Crippen LogP contribution is -2.22. The fourth-order valence-corrected chi connectivity index (χ4v) is 1.51. The third kappa shape index (κ3) is 10.9. The van der Waals surface area contributed by atoms with Crippen LogP contribution in [0.2, 0.25) is 0 Å². The number of ether oxygens (including phenoxy) is 1. The smallest absolute Gasteiger partial charge is 0.306 e. The molecule has 0 aliphatic heterocycles. The minimum Gasteiger partial charge on any atom is -0.481 e. The Morgan fingerprint density at radius 1 is 1.11 bits per heavy atom. The zero-order valence-corrected chi connectivity index (χ0v) is 10.7. The van der Waals surface area contributed by atoms with Crippen molar-refractivity contribution in [1.29, 1.82) is 0 Å². The van der Waals surface area contributed by atoms with Crippen LogP contribution in [0.25, 0.3) is 0 Å². The second kappa shape index (κ2) is 9.44. The topological polar surface area (TPSA) is 107 Å². The molecule has 0 aliphatic carbocycles. The summed E-state index contributed by atoms with van der Waals surface area (Å²) in [7, 11) is 0. The number of carboxylic acid groups (broad SMARTS) is 1. The quantitative estimate of drug-likeness (QED) is 0.453. The van der Waals surface area contributed by atoms with Crippen molar-refractivity contribution < 1.29 is 24.2 Å². The lowest BCUT2D eigenvalue weighted by Gasteiger charge is -2.11. The van der Waals surface area contributed by atoms with Crippen LogP contribution in [0.1, 0.15) is 51.9 Å². The average molecular weight is 259 g/mol. The van der Waals surface area contributed by atoms with Gasteiger partial charge in [-0.1, -0.05) is 12.8 Å². The van der Waals surface area contributed by atoms with Crippen LogP contribution in [0.15, 0.2) is 0 Å². The Labute approximate surface area is 106 Å². The number of carbonyl (C=O) groups is 3. The van der Waals surface area contributed by atoms with E-state index in [-0.39, 0.29) is 25.2 Å². The summed E-state index contributed by atoms with van der Waals surface area (Å²) in [5, 5.41) is 8.42. The van der Waals surface area contributed by atoms with Crippen LogP contribution in [-0.2, 0) is 19.1 Å². The van der Waals surface area contributed by atoms with Crippen LogP contribution in [0.3, 0.4) is 0 Å². The van der Waals surface area contributed by atoms with E-state index in [1.54, 1.807) is 6.92 Å². The predicted molar refractivity (Wildman–Crippen MR) is 64.7 cm³/mol. The van der Waals surface area contributed by atoms with Gasteiger partial charge in [-0.05, 0) is 19.8 Å². The highest BCUT2D eigenvalue weighted by Gasteiger charge is 2.11. The van der Waals surface area contributed by atoms with E-state index < -0.39 is 18.0 Å². The molecule has 1 unspecified atom stereocenters. The molecule has 0 spiro atoms. The van der Waals surface area contributed by atoms with E-state index in [1.807, 2.05) is 0 Å². The number of aliphatic carboxylic acids is 1. The molecule has 0 bridgehead atoms. The molecule has 18 heavy (non-hydrogen) atoms. The molecule has 0 fully saturated rings. The largest absolute Gasteiger partial charge is 0.481 e. The number of hydrogen-bond donors (Lipinski definition) is 2. The van der Waals surface area contributed by atoms with E-state index >= 15 is 0 Å². The molecule has 0 radical (unpaired) electrons. The Morgan fingerprint density at radius 3 is 2.17 bits per heavy atom. The van der Waals surface area contributed by atoms with Crippen molar-refractivity contribution in [1.82, 2.24) is 0 Å². The Morgan fingerprint density at radius 2 is 1.67 bits per heavy atom. The van der Waals surface area contributed by atoms with Crippen LogP contribution >= 0.6 is 0 Å². The normalized spacial score (nSPS) is 11.8. The molecule has 6 heteroatoms. The van der Waals surface area contributed by atoms with E-state index in [4.69, 9.17) is 15.6 Å². The van der Waals surface area contributed by atoms with Gasteiger partial charge in [-0.3, -0.25) is 14.4 Å². The second-order valence-electron chi connectivity index (χ2n) is 4.28. The predicted octanol–water partition coefficient (Wildman–Crippen LogP) is 1.22. The Balaban J connectivity index is 3.47. The summed E-state index contributed by atoms with van der Waals surface area (Å²) < 4.78 is 4.97. The molecule has 0 aromatic carbocycles. The van der Waals surface area contributed by atoms with Gasteiger partial charge in [0.25, 0.3) is 0 Å². The number of unbranched alkanes of at least 4 members (excludes halogenated alkanes) is 3. The maximum absolute atomic E-state index is 11.3. The molecular weight excluding hydrogens is 238 g/mol. The summed E-state index contributed by atoms with van der Waals surface area (Å²) in [6.45, 7) is 1.62. The van der Waals surface area contributed by atoms with E-state index in [0.29, 0.717) is 12.8 Å². The summed E-state index contributed by atoms with van der Waals surface area (Å²) in [4.78, 5) is 32.1. The number of primary amides is 1. The third-order valence-electron chi connectivity index (χ3n) is 2.34. The first kappa shape index (κ1) is 16.4. The van der Waals surface area contributed by atoms with Gasteiger partial charge < -0.3 is 15.6 Å². The summed E-state index contributed by atoms with van der Waals surface area (Å²) >= 11 is 0. The van der Waals surface area contributed by atoms with Gasteiger partial charge in [0.2, 0.25) is 5.91 Å². The fraction of sp³-hybridized carbons (Fsp3) is 0.750. The Bertz CT molecular complexity index is 290. The van der Waals surface area contributed by atoms with Crippen molar-refractivity contribution in [3.05, 3.63) is 0 Å². The number of carboxylic acids is 1. The SMILES string of the molecule is CC(CC(N)=O)OC(=O)CCCCCCC(=O)O. The molecule has 1 amide bonds. The monoisotopic (exact) mass is 259 g/mol. The molecule has 1 atom stereocenters. The minimum absolute atomic E-state index is 0.0321. The number of amides is 1. The number of rotatable bonds is 10. The molecule has 0 heterocycles. The Hall–Kier alpha value is -1.59. The molecule has 0 saturated heterocycles. The Kier molecular flexibility index (Phi) is 8.61. The molecule has 0 aliphatic rings. The lowest BCUT2D eigenvalue weighted by atomic mass is 10.1. The van der Waals surface area contributed by atoms with Gasteiger partial charge in [-0.15, -0.1) is 0 Å². The summed E-state index contributed by atoms with van der Waals surface area (Å²) in [6.07, 6.45) is 2.88. The number of carbonyl (C=O) groups excluding carboxylic acids is 2. The molecule has 0 aromatic heterocycles. The molecular formula is C12H21NO5. The molecule has 6 nitrogen and oxygen atoms in total. The maximum Gasteiger partial charge on any atom is 0.306 e. The first-order valence-corrected chi connectivity index (χ1v) is 6.11. The molecule has 3 N–H and O–H groups in total. The highest BCUT2D eigenvalue weighted by atomic mass is 16.5. The van der Waals surface area contributed by atoms with Gasteiger partial charge in [0.15, 0.2) is 0 Å².